The zero-order valence-corrected chi connectivity index (χ0v) is 21.9. The highest BCUT2D eigenvalue weighted by Gasteiger charge is 2.41. The van der Waals surface area contributed by atoms with Gasteiger partial charge in [-0.2, -0.15) is 8.78 Å². The van der Waals surface area contributed by atoms with Gasteiger partial charge < -0.3 is 4.74 Å². The fourth-order valence-electron chi connectivity index (χ4n) is 5.28. The van der Waals surface area contributed by atoms with Crippen molar-refractivity contribution in [1.29, 1.82) is 0 Å². The Morgan fingerprint density at radius 1 is 0.725 bits per heavy atom. The Bertz CT molecular complexity index is 1560. The van der Waals surface area contributed by atoms with Crippen molar-refractivity contribution in [2.45, 2.75) is 46.1 Å². The summed E-state index contributed by atoms with van der Waals surface area (Å²) in [5.41, 5.74) is 1.02. The maximum Gasteiger partial charge on any atom is 0.432 e. The van der Waals surface area contributed by atoms with Gasteiger partial charge in [0.15, 0.2) is 0 Å². The minimum absolute atomic E-state index is 0.203. The number of rotatable bonds is 6. The van der Waals surface area contributed by atoms with Crippen LogP contribution < -0.4 is 4.74 Å². The van der Waals surface area contributed by atoms with Gasteiger partial charge in [-0.05, 0) is 108 Å². The molecule has 1 aliphatic rings. The molecule has 0 N–H and O–H groups in total. The van der Waals surface area contributed by atoms with Gasteiger partial charge in [-0.25, -0.2) is 22.0 Å². The van der Waals surface area contributed by atoms with Crippen molar-refractivity contribution >= 4 is 0 Å². The first-order valence-corrected chi connectivity index (χ1v) is 12.7. The zero-order chi connectivity index (χ0) is 28.9. The van der Waals surface area contributed by atoms with E-state index < -0.39 is 57.6 Å². The lowest BCUT2D eigenvalue weighted by Gasteiger charge is -2.21. The molecule has 0 saturated heterocycles. The summed E-state index contributed by atoms with van der Waals surface area (Å²) in [6, 6.07) is 10.7. The molecule has 1 aliphatic carbocycles. The van der Waals surface area contributed by atoms with Crippen LogP contribution in [-0.2, 0) is 25.4 Å². The van der Waals surface area contributed by atoms with Crippen LogP contribution in [0, 0.1) is 48.9 Å². The Kier molecular flexibility index (Phi) is 7.15. The summed E-state index contributed by atoms with van der Waals surface area (Å²) < 4.78 is 108. The Morgan fingerprint density at radius 3 is 1.98 bits per heavy atom. The largest absolute Gasteiger partial charge is 0.432 e. The number of hydrogen-bond donors (Lipinski definition) is 0. The molecule has 5 rings (SSSR count). The highest BCUT2D eigenvalue weighted by molar-refractivity contribution is 5.66. The molecule has 1 unspecified atom stereocenters. The average molecular weight is 559 g/mol. The molecule has 0 aliphatic heterocycles. The van der Waals surface area contributed by atoms with Gasteiger partial charge >= 0.3 is 6.11 Å². The van der Waals surface area contributed by atoms with E-state index in [1.54, 1.807) is 0 Å². The predicted octanol–water partition coefficient (Wildman–Crippen LogP) is 9.12. The van der Waals surface area contributed by atoms with Gasteiger partial charge in [0, 0.05) is 6.07 Å². The third-order valence-electron chi connectivity index (χ3n) is 7.36. The molecule has 40 heavy (non-hydrogen) atoms. The van der Waals surface area contributed by atoms with Crippen LogP contribution in [0.25, 0.3) is 11.1 Å². The van der Waals surface area contributed by atoms with E-state index in [1.807, 2.05) is 18.2 Å². The molecule has 8 heteroatoms. The fraction of sp³-hybridized carbons (Fsp3) is 0.250. The number of halogens is 7. The Labute approximate surface area is 227 Å². The number of aryl methyl sites for hydroxylation is 1. The van der Waals surface area contributed by atoms with Crippen LogP contribution in [0.2, 0.25) is 0 Å². The number of fused-ring (bicyclic) bond motifs is 1. The van der Waals surface area contributed by atoms with E-state index in [-0.39, 0.29) is 12.0 Å². The summed E-state index contributed by atoms with van der Waals surface area (Å²) in [6.45, 7) is 5.05. The second kappa shape index (κ2) is 10.3. The lowest BCUT2D eigenvalue weighted by Crippen LogP contribution is -2.25. The maximum absolute atomic E-state index is 15.1. The Morgan fingerprint density at radius 2 is 1.35 bits per heavy atom. The zero-order valence-electron chi connectivity index (χ0n) is 21.9. The summed E-state index contributed by atoms with van der Waals surface area (Å²) in [5, 5.41) is 0. The van der Waals surface area contributed by atoms with Crippen LogP contribution in [0.1, 0.15) is 45.9 Å². The molecule has 4 aromatic carbocycles. The van der Waals surface area contributed by atoms with Crippen LogP contribution in [0.15, 0.2) is 54.6 Å². The van der Waals surface area contributed by atoms with Crippen LogP contribution in [0.5, 0.6) is 5.75 Å². The third kappa shape index (κ3) is 5.31. The summed E-state index contributed by atoms with van der Waals surface area (Å²) in [6.07, 6.45) is -2.39. The third-order valence-corrected chi connectivity index (χ3v) is 7.36. The highest BCUT2D eigenvalue weighted by Crippen LogP contribution is 2.39. The van der Waals surface area contributed by atoms with E-state index in [2.05, 4.69) is 11.7 Å². The molecule has 0 saturated carbocycles. The van der Waals surface area contributed by atoms with E-state index in [4.69, 9.17) is 0 Å². The molecule has 4 aromatic rings. The number of alkyl halides is 2. The lowest BCUT2D eigenvalue weighted by molar-refractivity contribution is -0.189. The van der Waals surface area contributed by atoms with Gasteiger partial charge in [0.1, 0.15) is 40.4 Å². The normalized spacial score (nSPS) is 14.9. The first-order valence-electron chi connectivity index (χ1n) is 12.7. The van der Waals surface area contributed by atoms with Gasteiger partial charge in [-0.3, -0.25) is 0 Å². The van der Waals surface area contributed by atoms with E-state index in [0.717, 1.165) is 36.6 Å². The minimum Gasteiger partial charge on any atom is -0.429 e. The van der Waals surface area contributed by atoms with Gasteiger partial charge in [0.05, 0.1) is 5.56 Å². The summed E-state index contributed by atoms with van der Waals surface area (Å²) in [7, 11) is 0. The molecule has 0 amide bonds. The van der Waals surface area contributed by atoms with E-state index in [1.165, 1.54) is 25.0 Å². The molecule has 0 heterocycles. The van der Waals surface area contributed by atoms with Crippen molar-refractivity contribution in [2.24, 2.45) is 5.92 Å². The van der Waals surface area contributed by atoms with Crippen LogP contribution in [-0.4, -0.2) is 0 Å². The molecule has 208 valence electrons. The summed E-state index contributed by atoms with van der Waals surface area (Å²) >= 11 is 0. The molecule has 0 fully saturated rings. The van der Waals surface area contributed by atoms with Crippen molar-refractivity contribution in [1.82, 2.24) is 0 Å². The van der Waals surface area contributed by atoms with Gasteiger partial charge in [-0.1, -0.05) is 25.1 Å². The predicted molar refractivity (Wildman–Crippen MR) is 138 cm³/mol. The van der Waals surface area contributed by atoms with E-state index in [0.29, 0.717) is 35.2 Å². The lowest BCUT2D eigenvalue weighted by atomic mass is 9.96. The minimum atomic E-state index is -4.55. The van der Waals surface area contributed by atoms with Crippen molar-refractivity contribution < 1.29 is 35.5 Å². The van der Waals surface area contributed by atoms with Gasteiger partial charge in [-0.15, -0.1) is 0 Å². The standard InChI is InChI=1S/C32H25F7O/c1-16-6-21-5-4-19(10-22(21)7-16)9-20-11-26(34)30(27(35)12-20)23-13-28(36)31(29(37)14-23)32(38,39)40-24-8-17(2)18(3)25(33)15-24/h4-5,8,10-16H,6-7,9H2,1-3H3. The topological polar surface area (TPSA) is 9.23 Å². The second-order valence-electron chi connectivity index (χ2n) is 10.5. The average Bonchev–Trinajstić information content (AvgIpc) is 3.20. The van der Waals surface area contributed by atoms with Crippen LogP contribution in [0.4, 0.5) is 30.7 Å². The first-order chi connectivity index (χ1) is 18.8. The molecule has 0 aromatic heterocycles. The van der Waals surface area contributed by atoms with Crippen molar-refractivity contribution in [3.05, 3.63) is 123 Å². The molecule has 1 nitrogen and oxygen atoms in total. The van der Waals surface area contributed by atoms with Crippen molar-refractivity contribution in [3.63, 3.8) is 0 Å². The number of ether oxygens (including phenoxy) is 1. The monoisotopic (exact) mass is 558 g/mol. The molecular weight excluding hydrogens is 533 g/mol. The van der Waals surface area contributed by atoms with Crippen molar-refractivity contribution in [2.75, 3.05) is 0 Å². The maximum atomic E-state index is 15.1. The van der Waals surface area contributed by atoms with E-state index >= 15 is 8.78 Å². The van der Waals surface area contributed by atoms with Gasteiger partial charge in [0.2, 0.25) is 0 Å². The Hall–Kier alpha value is -3.81. The second-order valence-corrected chi connectivity index (χ2v) is 10.5. The van der Waals surface area contributed by atoms with Gasteiger partial charge in [0.25, 0.3) is 0 Å². The summed E-state index contributed by atoms with van der Waals surface area (Å²) in [4.78, 5) is 0. The molecule has 1 atom stereocenters. The number of hydrogen-bond acceptors (Lipinski definition) is 1. The Balaban J connectivity index is 1.43. The smallest absolute Gasteiger partial charge is 0.429 e. The van der Waals surface area contributed by atoms with Crippen LogP contribution >= 0.6 is 0 Å². The van der Waals surface area contributed by atoms with Crippen LogP contribution in [0.3, 0.4) is 0 Å². The highest BCUT2D eigenvalue weighted by atomic mass is 19.3. The fourth-order valence-corrected chi connectivity index (χ4v) is 5.28. The molecule has 0 spiro atoms. The quantitative estimate of drug-likeness (QED) is 0.215. The molecular formula is C32H25F7O. The number of benzene rings is 4. The SMILES string of the molecule is Cc1cc(OC(F)(F)c2c(F)cc(-c3c(F)cc(Cc4ccc5c(c4)CC(C)C5)cc3F)cc2F)cc(F)c1C. The first kappa shape index (κ1) is 27.7. The van der Waals surface area contributed by atoms with E-state index in [9.17, 15) is 22.0 Å². The van der Waals surface area contributed by atoms with Crippen molar-refractivity contribution in [3.8, 4) is 16.9 Å². The molecule has 0 bridgehead atoms. The molecule has 0 radical (unpaired) electrons. The summed E-state index contributed by atoms with van der Waals surface area (Å²) in [5.74, 6) is -6.68.